The van der Waals surface area contributed by atoms with Gasteiger partial charge in [0.25, 0.3) is 0 Å². The number of halogens is 4. The van der Waals surface area contributed by atoms with E-state index < -0.39 is 17.8 Å². The van der Waals surface area contributed by atoms with Gasteiger partial charge in [-0.2, -0.15) is 13.2 Å². The van der Waals surface area contributed by atoms with E-state index in [4.69, 9.17) is 16.7 Å². The van der Waals surface area contributed by atoms with Crippen LogP contribution in [0, 0.1) is 0 Å². The molecule has 1 aromatic carbocycles. The molecular formula is C10H11ClF3NO. The van der Waals surface area contributed by atoms with Gasteiger partial charge in [0.05, 0.1) is 11.7 Å². The van der Waals surface area contributed by atoms with Gasteiger partial charge in [0.15, 0.2) is 0 Å². The van der Waals surface area contributed by atoms with Gasteiger partial charge in [0, 0.05) is 17.3 Å². The zero-order valence-electron chi connectivity index (χ0n) is 8.48. The molecule has 0 aliphatic rings. The van der Waals surface area contributed by atoms with Gasteiger partial charge < -0.3 is 10.4 Å². The van der Waals surface area contributed by atoms with Crippen LogP contribution in [0.4, 0.5) is 18.9 Å². The zero-order chi connectivity index (χ0) is 12.3. The highest BCUT2D eigenvalue weighted by molar-refractivity contribution is 6.30. The maximum absolute atomic E-state index is 12.4. The average molecular weight is 254 g/mol. The minimum Gasteiger partial charge on any atom is -0.392 e. The van der Waals surface area contributed by atoms with Gasteiger partial charge in [0.1, 0.15) is 0 Å². The molecule has 0 aromatic heterocycles. The molecule has 0 heterocycles. The Morgan fingerprint density at radius 3 is 2.50 bits per heavy atom. The predicted octanol–water partition coefficient (Wildman–Crippen LogP) is 3.15. The van der Waals surface area contributed by atoms with Crippen molar-refractivity contribution in [3.05, 3.63) is 28.8 Å². The maximum Gasteiger partial charge on any atom is 0.416 e. The molecule has 0 amide bonds. The SMILES string of the molecule is C[C@@H](O)CNc1cc(Cl)cc(C(F)(F)F)c1. The van der Waals surface area contributed by atoms with Gasteiger partial charge in [-0.05, 0) is 25.1 Å². The Balaban J connectivity index is 2.90. The molecule has 0 aliphatic carbocycles. The van der Waals surface area contributed by atoms with Crippen molar-refractivity contribution in [2.75, 3.05) is 11.9 Å². The molecule has 1 atom stereocenters. The van der Waals surface area contributed by atoms with E-state index in [2.05, 4.69) is 5.32 Å². The highest BCUT2D eigenvalue weighted by atomic mass is 35.5. The summed E-state index contributed by atoms with van der Waals surface area (Å²) in [6.45, 7) is 1.69. The summed E-state index contributed by atoms with van der Waals surface area (Å²) in [5, 5.41) is 11.7. The van der Waals surface area contributed by atoms with Crippen LogP contribution in [0.15, 0.2) is 18.2 Å². The third-order valence-corrected chi connectivity index (χ3v) is 2.04. The molecule has 0 saturated heterocycles. The van der Waals surface area contributed by atoms with Gasteiger partial charge in [-0.3, -0.25) is 0 Å². The number of aliphatic hydroxyl groups is 1. The Kier molecular flexibility index (Phi) is 4.04. The summed E-state index contributed by atoms with van der Waals surface area (Å²) in [5.74, 6) is 0. The van der Waals surface area contributed by atoms with Crippen molar-refractivity contribution in [2.24, 2.45) is 0 Å². The summed E-state index contributed by atoms with van der Waals surface area (Å²) >= 11 is 5.57. The Labute approximate surface area is 96.0 Å². The second-order valence-electron chi connectivity index (χ2n) is 3.46. The maximum atomic E-state index is 12.4. The molecule has 2 nitrogen and oxygen atoms in total. The van der Waals surface area contributed by atoms with Crippen molar-refractivity contribution in [2.45, 2.75) is 19.2 Å². The Morgan fingerprint density at radius 1 is 1.38 bits per heavy atom. The molecule has 0 radical (unpaired) electrons. The van der Waals surface area contributed by atoms with Crippen LogP contribution in [-0.2, 0) is 6.18 Å². The van der Waals surface area contributed by atoms with Crippen molar-refractivity contribution in [1.82, 2.24) is 0 Å². The van der Waals surface area contributed by atoms with Gasteiger partial charge in [-0.25, -0.2) is 0 Å². The predicted molar refractivity (Wildman–Crippen MR) is 56.6 cm³/mol. The van der Waals surface area contributed by atoms with Crippen molar-refractivity contribution in [1.29, 1.82) is 0 Å². The lowest BCUT2D eigenvalue weighted by Crippen LogP contribution is -2.16. The van der Waals surface area contributed by atoms with E-state index in [0.717, 1.165) is 12.1 Å². The molecule has 2 N–H and O–H groups in total. The van der Waals surface area contributed by atoms with Crippen LogP contribution in [0.1, 0.15) is 12.5 Å². The minimum absolute atomic E-state index is 0.00270. The van der Waals surface area contributed by atoms with E-state index in [0.29, 0.717) is 0 Å². The number of benzene rings is 1. The smallest absolute Gasteiger partial charge is 0.392 e. The summed E-state index contributed by atoms with van der Waals surface area (Å²) in [6.07, 6.45) is -5.07. The number of hydrogen-bond acceptors (Lipinski definition) is 2. The Morgan fingerprint density at radius 2 is 2.00 bits per heavy atom. The molecule has 90 valence electrons. The first kappa shape index (κ1) is 13.1. The Bertz CT molecular complexity index is 366. The quantitative estimate of drug-likeness (QED) is 0.867. The zero-order valence-corrected chi connectivity index (χ0v) is 9.23. The van der Waals surface area contributed by atoms with Crippen molar-refractivity contribution in [3.8, 4) is 0 Å². The van der Waals surface area contributed by atoms with Crippen LogP contribution >= 0.6 is 11.6 Å². The lowest BCUT2D eigenvalue weighted by Gasteiger charge is -2.12. The third-order valence-electron chi connectivity index (χ3n) is 1.83. The van der Waals surface area contributed by atoms with E-state index in [-0.39, 0.29) is 17.3 Å². The minimum atomic E-state index is -4.42. The van der Waals surface area contributed by atoms with Crippen molar-refractivity contribution in [3.63, 3.8) is 0 Å². The van der Waals surface area contributed by atoms with Crippen molar-refractivity contribution >= 4 is 17.3 Å². The average Bonchev–Trinajstić information content (AvgIpc) is 2.12. The fourth-order valence-corrected chi connectivity index (χ4v) is 1.36. The summed E-state index contributed by atoms with van der Waals surface area (Å²) in [7, 11) is 0. The standard InChI is InChI=1S/C10H11ClF3NO/c1-6(16)5-15-9-3-7(10(12,13)14)2-8(11)4-9/h2-4,6,15-16H,5H2,1H3/t6-/m1/s1. The molecule has 1 rings (SSSR count). The first-order valence-electron chi connectivity index (χ1n) is 4.59. The molecule has 0 saturated carbocycles. The van der Waals surface area contributed by atoms with Crippen molar-refractivity contribution < 1.29 is 18.3 Å². The molecule has 1 aromatic rings. The second-order valence-corrected chi connectivity index (χ2v) is 3.89. The number of hydrogen-bond donors (Lipinski definition) is 2. The van der Waals surface area contributed by atoms with Crippen LogP contribution in [0.2, 0.25) is 5.02 Å². The molecule has 16 heavy (non-hydrogen) atoms. The monoisotopic (exact) mass is 253 g/mol. The van der Waals surface area contributed by atoms with Crippen LogP contribution < -0.4 is 5.32 Å². The van der Waals surface area contributed by atoms with Gasteiger partial charge in [-0.15, -0.1) is 0 Å². The van der Waals surface area contributed by atoms with Gasteiger partial charge in [0.2, 0.25) is 0 Å². The number of rotatable bonds is 3. The fourth-order valence-electron chi connectivity index (χ4n) is 1.12. The first-order valence-corrected chi connectivity index (χ1v) is 4.96. The summed E-state index contributed by atoms with van der Waals surface area (Å²) in [5.41, 5.74) is -0.575. The van der Waals surface area contributed by atoms with E-state index in [1.165, 1.54) is 13.0 Å². The fraction of sp³-hybridized carbons (Fsp3) is 0.400. The molecule has 0 aliphatic heterocycles. The molecule has 0 spiro atoms. The van der Waals surface area contributed by atoms with Gasteiger partial charge >= 0.3 is 6.18 Å². The van der Waals surface area contributed by atoms with Crippen LogP contribution in [0.5, 0.6) is 0 Å². The third kappa shape index (κ3) is 3.90. The Hall–Kier alpha value is -0.940. The highest BCUT2D eigenvalue weighted by Crippen LogP contribution is 2.33. The lowest BCUT2D eigenvalue weighted by atomic mass is 10.2. The molecule has 0 bridgehead atoms. The molecule has 6 heteroatoms. The van der Waals surface area contributed by atoms with E-state index in [9.17, 15) is 13.2 Å². The number of anilines is 1. The summed E-state index contributed by atoms with van der Waals surface area (Å²) < 4.78 is 37.2. The van der Waals surface area contributed by atoms with Gasteiger partial charge in [-0.1, -0.05) is 11.6 Å². The number of aliphatic hydroxyl groups excluding tert-OH is 1. The second kappa shape index (κ2) is 4.93. The molecule has 0 fully saturated rings. The van der Waals surface area contributed by atoms with Crippen LogP contribution in [0.3, 0.4) is 0 Å². The normalized spacial score (nSPS) is 13.6. The number of nitrogens with one attached hydrogen (secondary N) is 1. The summed E-state index contributed by atoms with van der Waals surface area (Å²) in [4.78, 5) is 0. The highest BCUT2D eigenvalue weighted by Gasteiger charge is 2.31. The van der Waals surface area contributed by atoms with Crippen LogP contribution in [0.25, 0.3) is 0 Å². The first-order chi connectivity index (χ1) is 7.29. The van der Waals surface area contributed by atoms with E-state index in [1.54, 1.807) is 0 Å². The lowest BCUT2D eigenvalue weighted by molar-refractivity contribution is -0.137. The molecule has 0 unspecified atom stereocenters. The largest absolute Gasteiger partial charge is 0.416 e. The topological polar surface area (TPSA) is 32.3 Å². The number of alkyl halides is 3. The summed E-state index contributed by atoms with van der Waals surface area (Å²) in [6, 6.07) is 3.18. The van der Waals surface area contributed by atoms with E-state index >= 15 is 0 Å². The van der Waals surface area contributed by atoms with Crippen LogP contribution in [-0.4, -0.2) is 17.8 Å². The molecular weight excluding hydrogens is 243 g/mol. The van der Waals surface area contributed by atoms with E-state index in [1.807, 2.05) is 0 Å².